The van der Waals surface area contributed by atoms with Gasteiger partial charge < -0.3 is 9.84 Å². The van der Waals surface area contributed by atoms with Crippen LogP contribution in [0.1, 0.15) is 71.3 Å². The molecule has 3 fully saturated rings. The Balaban J connectivity index is 1.56. The molecule has 0 amide bonds. The minimum Gasteiger partial charge on any atom is -0.461 e. The average molecular weight is 501 g/mol. The van der Waals surface area contributed by atoms with Crippen molar-refractivity contribution in [2.45, 2.75) is 90.5 Å². The smallest absolute Gasteiger partial charge is 0.305 e. The van der Waals surface area contributed by atoms with Crippen molar-refractivity contribution in [1.82, 2.24) is 0 Å². The zero-order chi connectivity index (χ0) is 25.8. The summed E-state index contributed by atoms with van der Waals surface area (Å²) in [6, 6.07) is 10.1. The SMILES string of the molecule is CCC(=O)O[C@@H]1[C@H](C)C[C@H]2[C@@H]3C[C@H](F)C4=C(F)C(=O)CC[C@]4(C)[C@H]3[C@@H](O)C[C@]12CCc1ccccc1. The lowest BCUT2D eigenvalue weighted by Crippen LogP contribution is -2.60. The van der Waals surface area contributed by atoms with Crippen molar-refractivity contribution in [3.8, 4) is 0 Å². The van der Waals surface area contributed by atoms with E-state index in [4.69, 9.17) is 4.74 Å². The molecule has 36 heavy (non-hydrogen) atoms. The Labute approximate surface area is 212 Å². The molecule has 4 nitrogen and oxygen atoms in total. The van der Waals surface area contributed by atoms with Gasteiger partial charge in [0.2, 0.25) is 0 Å². The number of ketones is 1. The number of carbonyl (C=O) groups excluding carboxylic acids is 2. The summed E-state index contributed by atoms with van der Waals surface area (Å²) in [6.07, 6.45) is 0.856. The van der Waals surface area contributed by atoms with Crippen molar-refractivity contribution >= 4 is 11.8 Å². The second kappa shape index (κ2) is 9.34. The molecule has 4 aliphatic carbocycles. The van der Waals surface area contributed by atoms with Gasteiger partial charge in [-0.1, -0.05) is 51.1 Å². The number of benzene rings is 1. The van der Waals surface area contributed by atoms with Gasteiger partial charge in [0.05, 0.1) is 6.10 Å². The van der Waals surface area contributed by atoms with E-state index in [0.717, 1.165) is 19.3 Å². The van der Waals surface area contributed by atoms with E-state index in [1.165, 1.54) is 5.56 Å². The predicted molar refractivity (Wildman–Crippen MR) is 132 cm³/mol. The van der Waals surface area contributed by atoms with E-state index in [9.17, 15) is 14.7 Å². The van der Waals surface area contributed by atoms with Crippen LogP contribution in [-0.2, 0) is 20.7 Å². The quantitative estimate of drug-likeness (QED) is 0.510. The number of carbonyl (C=O) groups is 2. The fourth-order valence-electron chi connectivity index (χ4n) is 8.79. The molecule has 0 unspecified atom stereocenters. The summed E-state index contributed by atoms with van der Waals surface area (Å²) < 4.78 is 36.9. The molecule has 4 aliphatic rings. The third kappa shape index (κ3) is 3.86. The summed E-state index contributed by atoms with van der Waals surface area (Å²) in [6.45, 7) is 5.73. The van der Waals surface area contributed by atoms with E-state index in [2.05, 4.69) is 19.1 Å². The summed E-state index contributed by atoms with van der Waals surface area (Å²) in [5.74, 6) is -2.14. The van der Waals surface area contributed by atoms with Gasteiger partial charge in [-0.25, -0.2) is 8.78 Å². The molecule has 5 rings (SSSR count). The summed E-state index contributed by atoms with van der Waals surface area (Å²) >= 11 is 0. The molecule has 0 bridgehead atoms. The van der Waals surface area contributed by atoms with Crippen molar-refractivity contribution in [2.75, 3.05) is 0 Å². The molecular weight excluding hydrogens is 462 g/mol. The Hall–Kier alpha value is -2.08. The molecule has 0 radical (unpaired) electrons. The maximum Gasteiger partial charge on any atom is 0.305 e. The van der Waals surface area contributed by atoms with Gasteiger partial charge in [0.25, 0.3) is 0 Å². The van der Waals surface area contributed by atoms with E-state index >= 15 is 8.78 Å². The number of alkyl halides is 1. The first-order chi connectivity index (χ1) is 17.1. The molecule has 1 N–H and O–H groups in total. The lowest BCUT2D eigenvalue weighted by molar-refractivity contribution is -0.181. The second-order valence-electron chi connectivity index (χ2n) is 12.0. The minimum atomic E-state index is -1.54. The number of allylic oxidation sites excluding steroid dienone is 1. The van der Waals surface area contributed by atoms with Crippen LogP contribution < -0.4 is 0 Å². The zero-order valence-corrected chi connectivity index (χ0v) is 21.5. The number of halogens is 2. The number of hydrogen-bond acceptors (Lipinski definition) is 4. The minimum absolute atomic E-state index is 0.0177. The zero-order valence-electron chi connectivity index (χ0n) is 21.5. The van der Waals surface area contributed by atoms with Crippen LogP contribution in [0.3, 0.4) is 0 Å². The lowest BCUT2D eigenvalue weighted by atomic mass is 9.45. The van der Waals surface area contributed by atoms with Crippen LogP contribution >= 0.6 is 0 Å². The number of fused-ring (bicyclic) bond motifs is 5. The maximum atomic E-state index is 15.8. The van der Waals surface area contributed by atoms with E-state index < -0.39 is 34.7 Å². The molecule has 0 heterocycles. The number of ether oxygens (including phenoxy) is 1. The number of aliphatic hydroxyl groups is 1. The largest absolute Gasteiger partial charge is 0.461 e. The number of aryl methyl sites for hydroxylation is 1. The van der Waals surface area contributed by atoms with Gasteiger partial charge >= 0.3 is 5.97 Å². The summed E-state index contributed by atoms with van der Waals surface area (Å²) in [7, 11) is 0. The highest BCUT2D eigenvalue weighted by Crippen LogP contribution is 2.68. The molecule has 6 heteroatoms. The number of Topliss-reactive ketones (excluding diaryl/α,β-unsaturated/α-hetero) is 1. The van der Waals surface area contributed by atoms with Crippen molar-refractivity contribution < 1.29 is 28.2 Å². The molecule has 1 aromatic carbocycles. The van der Waals surface area contributed by atoms with Gasteiger partial charge in [-0.3, -0.25) is 9.59 Å². The second-order valence-corrected chi connectivity index (χ2v) is 12.0. The fraction of sp³-hybridized carbons (Fsp3) is 0.667. The maximum absolute atomic E-state index is 15.8. The van der Waals surface area contributed by atoms with E-state index in [-0.39, 0.29) is 60.6 Å². The normalized spacial score (nSPS) is 41.9. The highest BCUT2D eigenvalue weighted by Gasteiger charge is 2.67. The summed E-state index contributed by atoms with van der Waals surface area (Å²) in [5, 5.41) is 11.8. The standard InChI is InChI=1S/C30H38F2O4/c1-4-24(35)36-28-17(2)14-20-19-15-21(31)26-27(32)22(33)11-12-29(26,3)25(19)23(34)16-30(20,28)13-10-18-8-6-5-7-9-18/h5-9,17,19-21,23,25,28,34H,4,10-16H2,1-3H3/t17-,19+,20+,21+,23+,25-,28-,29-,30+/m1/s1. The van der Waals surface area contributed by atoms with E-state index in [1.54, 1.807) is 6.92 Å². The summed E-state index contributed by atoms with van der Waals surface area (Å²) in [4.78, 5) is 24.6. The molecule has 0 aromatic heterocycles. The van der Waals surface area contributed by atoms with Gasteiger partial charge in [-0.05, 0) is 67.8 Å². The average Bonchev–Trinajstić information content (AvgIpc) is 3.12. The first-order valence-corrected chi connectivity index (χ1v) is 13.6. The first-order valence-electron chi connectivity index (χ1n) is 13.6. The van der Waals surface area contributed by atoms with Crippen molar-refractivity contribution in [2.24, 2.45) is 34.5 Å². The van der Waals surface area contributed by atoms with Crippen LogP contribution in [0.4, 0.5) is 8.78 Å². The topological polar surface area (TPSA) is 63.6 Å². The third-order valence-electron chi connectivity index (χ3n) is 10.2. The van der Waals surface area contributed by atoms with Crippen LogP contribution in [0.5, 0.6) is 0 Å². The Bertz CT molecular complexity index is 1050. The molecule has 0 saturated heterocycles. The van der Waals surface area contributed by atoms with Gasteiger partial charge in [0.15, 0.2) is 11.6 Å². The van der Waals surface area contributed by atoms with Crippen LogP contribution in [0, 0.1) is 34.5 Å². The Kier molecular flexibility index (Phi) is 6.63. The lowest BCUT2D eigenvalue weighted by Gasteiger charge is -2.60. The highest BCUT2D eigenvalue weighted by atomic mass is 19.1. The van der Waals surface area contributed by atoms with Crippen LogP contribution in [0.2, 0.25) is 0 Å². The fourth-order valence-corrected chi connectivity index (χ4v) is 8.79. The van der Waals surface area contributed by atoms with Gasteiger partial charge in [-0.15, -0.1) is 0 Å². The van der Waals surface area contributed by atoms with Gasteiger partial charge in [0.1, 0.15) is 12.3 Å². The number of hydrogen-bond donors (Lipinski definition) is 1. The summed E-state index contributed by atoms with van der Waals surface area (Å²) in [5.41, 5.74) is -0.191. The third-order valence-corrected chi connectivity index (χ3v) is 10.2. The number of esters is 1. The van der Waals surface area contributed by atoms with Crippen LogP contribution in [-0.4, -0.2) is 35.2 Å². The Morgan fingerprint density at radius 1 is 1.22 bits per heavy atom. The van der Waals surface area contributed by atoms with Crippen molar-refractivity contribution in [1.29, 1.82) is 0 Å². The Morgan fingerprint density at radius 2 is 1.94 bits per heavy atom. The molecule has 3 saturated carbocycles. The first kappa shape index (κ1) is 25.6. The van der Waals surface area contributed by atoms with Crippen LogP contribution in [0.15, 0.2) is 41.7 Å². The van der Waals surface area contributed by atoms with E-state index in [0.29, 0.717) is 12.8 Å². The molecule has 1 aromatic rings. The molecule has 196 valence electrons. The molecule has 0 spiro atoms. The molecule has 0 aliphatic heterocycles. The predicted octanol–water partition coefficient (Wildman–Crippen LogP) is 5.92. The number of aliphatic hydroxyl groups excluding tert-OH is 1. The van der Waals surface area contributed by atoms with Crippen molar-refractivity contribution in [3.63, 3.8) is 0 Å². The highest BCUT2D eigenvalue weighted by molar-refractivity contribution is 5.95. The van der Waals surface area contributed by atoms with Crippen LogP contribution in [0.25, 0.3) is 0 Å². The number of rotatable bonds is 5. The van der Waals surface area contributed by atoms with Crippen molar-refractivity contribution in [3.05, 3.63) is 47.3 Å². The van der Waals surface area contributed by atoms with Gasteiger partial charge in [0, 0.05) is 29.2 Å². The molecular formula is C30H38F2O4. The van der Waals surface area contributed by atoms with E-state index in [1.807, 2.05) is 25.1 Å². The van der Waals surface area contributed by atoms with Gasteiger partial charge in [-0.2, -0.15) is 0 Å². The molecule has 9 atom stereocenters. The Morgan fingerprint density at radius 3 is 2.64 bits per heavy atom. The monoisotopic (exact) mass is 500 g/mol.